The lowest BCUT2D eigenvalue weighted by molar-refractivity contribution is 0.0948. The number of amides is 1. The molecule has 1 aromatic heterocycles. The monoisotopic (exact) mass is 398 g/mol. The molecule has 23 heavy (non-hydrogen) atoms. The van der Waals surface area contributed by atoms with Crippen molar-refractivity contribution in [3.63, 3.8) is 0 Å². The molecule has 0 atom stereocenters. The molecule has 7 heteroatoms. The third-order valence-electron chi connectivity index (χ3n) is 3.64. The van der Waals surface area contributed by atoms with Crippen LogP contribution in [-0.2, 0) is 16.9 Å². The van der Waals surface area contributed by atoms with Gasteiger partial charge in [0.25, 0.3) is 5.91 Å². The maximum absolute atomic E-state index is 12.2. The number of nitrogens with zero attached hydrogens (tertiary/aromatic N) is 1. The summed E-state index contributed by atoms with van der Waals surface area (Å²) in [6.45, 7) is 1.71. The van der Waals surface area contributed by atoms with Crippen LogP contribution in [-0.4, -0.2) is 36.9 Å². The van der Waals surface area contributed by atoms with Crippen molar-refractivity contribution < 1.29 is 13.2 Å². The Labute approximate surface area is 144 Å². The number of nitrogens with one attached hydrogen (secondary N) is 1. The second-order valence-electron chi connectivity index (χ2n) is 5.13. The number of halogens is 1. The van der Waals surface area contributed by atoms with Crippen molar-refractivity contribution in [2.75, 3.05) is 18.1 Å². The molecule has 0 saturated carbocycles. The van der Waals surface area contributed by atoms with Crippen molar-refractivity contribution in [1.82, 2.24) is 9.88 Å². The SMILES string of the molecule is CCS(=O)(=O)CCNC(=O)c1ccc(-c2ccccc2Br)n1C. The van der Waals surface area contributed by atoms with Crippen LogP contribution in [0.3, 0.4) is 0 Å². The third kappa shape index (κ3) is 4.23. The van der Waals surface area contributed by atoms with Crippen molar-refractivity contribution in [3.8, 4) is 11.3 Å². The summed E-state index contributed by atoms with van der Waals surface area (Å²) in [5, 5.41) is 2.66. The van der Waals surface area contributed by atoms with E-state index in [1.54, 1.807) is 17.6 Å². The first-order valence-corrected chi connectivity index (χ1v) is 9.86. The van der Waals surface area contributed by atoms with E-state index in [1.807, 2.05) is 37.4 Å². The van der Waals surface area contributed by atoms with E-state index in [0.717, 1.165) is 15.7 Å². The van der Waals surface area contributed by atoms with Crippen molar-refractivity contribution in [1.29, 1.82) is 0 Å². The van der Waals surface area contributed by atoms with Crippen LogP contribution in [0.4, 0.5) is 0 Å². The summed E-state index contributed by atoms with van der Waals surface area (Å²) >= 11 is 3.50. The summed E-state index contributed by atoms with van der Waals surface area (Å²) in [6.07, 6.45) is 0. The summed E-state index contributed by atoms with van der Waals surface area (Å²) < 4.78 is 25.6. The molecular weight excluding hydrogens is 380 g/mol. The van der Waals surface area contributed by atoms with Crippen molar-refractivity contribution >= 4 is 31.7 Å². The quantitative estimate of drug-likeness (QED) is 0.812. The van der Waals surface area contributed by atoms with Crippen molar-refractivity contribution in [2.24, 2.45) is 7.05 Å². The predicted octanol–water partition coefficient (Wildman–Crippen LogP) is 2.62. The van der Waals surface area contributed by atoms with E-state index in [4.69, 9.17) is 0 Å². The van der Waals surface area contributed by atoms with Gasteiger partial charge in [0, 0.05) is 35.1 Å². The molecule has 0 bridgehead atoms. The Morgan fingerprint density at radius 3 is 2.57 bits per heavy atom. The largest absolute Gasteiger partial charge is 0.350 e. The number of carbonyl (C=O) groups is 1. The highest BCUT2D eigenvalue weighted by Gasteiger charge is 2.15. The summed E-state index contributed by atoms with van der Waals surface area (Å²) in [5.74, 6) is -0.243. The topological polar surface area (TPSA) is 68.2 Å². The van der Waals surface area contributed by atoms with Crippen molar-refractivity contribution in [2.45, 2.75) is 6.92 Å². The molecule has 0 spiro atoms. The molecule has 1 aromatic carbocycles. The molecular formula is C16H19BrN2O3S. The van der Waals surface area contributed by atoms with Gasteiger partial charge in [0.2, 0.25) is 0 Å². The first kappa shape index (κ1) is 17.7. The van der Waals surface area contributed by atoms with Gasteiger partial charge in [0.1, 0.15) is 5.69 Å². The van der Waals surface area contributed by atoms with Gasteiger partial charge in [-0.15, -0.1) is 0 Å². The minimum atomic E-state index is -3.08. The average Bonchev–Trinajstić information content (AvgIpc) is 2.89. The summed E-state index contributed by atoms with van der Waals surface area (Å²) in [6, 6.07) is 11.4. The number of carbonyl (C=O) groups excluding carboxylic acids is 1. The van der Waals surface area contributed by atoms with Gasteiger partial charge in [0.05, 0.1) is 5.75 Å². The van der Waals surface area contributed by atoms with E-state index in [2.05, 4.69) is 21.2 Å². The first-order chi connectivity index (χ1) is 10.9. The zero-order valence-electron chi connectivity index (χ0n) is 13.0. The molecule has 0 saturated heterocycles. The Morgan fingerprint density at radius 2 is 1.91 bits per heavy atom. The molecule has 2 rings (SSSR count). The molecule has 1 amide bonds. The highest BCUT2D eigenvalue weighted by Crippen LogP contribution is 2.28. The van der Waals surface area contributed by atoms with Gasteiger partial charge >= 0.3 is 0 Å². The second kappa shape index (κ2) is 7.31. The lowest BCUT2D eigenvalue weighted by Crippen LogP contribution is -2.30. The standard InChI is InChI=1S/C16H19BrN2O3S/c1-3-23(21,22)11-10-18-16(20)15-9-8-14(19(15)2)12-6-4-5-7-13(12)17/h4-9H,3,10-11H2,1-2H3,(H,18,20). The molecule has 0 unspecified atom stereocenters. The molecule has 0 aliphatic heterocycles. The Kier molecular flexibility index (Phi) is 5.64. The van der Waals surface area contributed by atoms with Gasteiger partial charge in [0.15, 0.2) is 9.84 Å². The van der Waals surface area contributed by atoms with E-state index in [0.29, 0.717) is 5.69 Å². The number of rotatable bonds is 6. The minimum Gasteiger partial charge on any atom is -0.350 e. The first-order valence-electron chi connectivity index (χ1n) is 7.25. The third-order valence-corrected chi connectivity index (χ3v) is 6.04. The van der Waals surface area contributed by atoms with Crippen LogP contribution in [0.2, 0.25) is 0 Å². The van der Waals surface area contributed by atoms with Crippen LogP contribution < -0.4 is 5.32 Å². The second-order valence-corrected chi connectivity index (χ2v) is 8.46. The van der Waals surface area contributed by atoms with Crippen molar-refractivity contribution in [3.05, 3.63) is 46.6 Å². The van der Waals surface area contributed by atoms with Gasteiger partial charge in [-0.05, 0) is 18.2 Å². The van der Waals surface area contributed by atoms with E-state index < -0.39 is 9.84 Å². The number of aromatic nitrogens is 1. The normalized spacial score (nSPS) is 11.4. The zero-order chi connectivity index (χ0) is 17.0. The number of sulfone groups is 1. The summed E-state index contributed by atoms with van der Waals surface area (Å²) in [7, 11) is -1.27. The predicted molar refractivity (Wildman–Crippen MR) is 95.2 cm³/mol. The van der Waals surface area contributed by atoms with Gasteiger partial charge in [-0.2, -0.15) is 0 Å². The Balaban J connectivity index is 2.13. The van der Waals surface area contributed by atoms with Gasteiger partial charge < -0.3 is 9.88 Å². The highest BCUT2D eigenvalue weighted by atomic mass is 79.9. The van der Waals surface area contributed by atoms with Crippen LogP contribution in [0.5, 0.6) is 0 Å². The summed E-state index contributed by atoms with van der Waals surface area (Å²) in [4.78, 5) is 12.2. The molecule has 124 valence electrons. The smallest absolute Gasteiger partial charge is 0.267 e. The average molecular weight is 399 g/mol. The van der Waals surface area contributed by atoms with E-state index >= 15 is 0 Å². The Morgan fingerprint density at radius 1 is 1.22 bits per heavy atom. The van der Waals surface area contributed by atoms with Crippen LogP contribution in [0.15, 0.2) is 40.9 Å². The van der Waals surface area contributed by atoms with Crippen LogP contribution in [0.1, 0.15) is 17.4 Å². The Bertz CT molecular complexity index is 812. The number of hydrogen-bond acceptors (Lipinski definition) is 3. The zero-order valence-corrected chi connectivity index (χ0v) is 15.4. The molecule has 0 aliphatic rings. The van der Waals surface area contributed by atoms with E-state index in [9.17, 15) is 13.2 Å². The lowest BCUT2D eigenvalue weighted by atomic mass is 10.1. The van der Waals surface area contributed by atoms with Gasteiger partial charge in [-0.25, -0.2) is 8.42 Å². The number of benzene rings is 1. The highest BCUT2D eigenvalue weighted by molar-refractivity contribution is 9.10. The van der Waals surface area contributed by atoms with Crippen LogP contribution in [0.25, 0.3) is 11.3 Å². The molecule has 5 nitrogen and oxygen atoms in total. The van der Waals surface area contributed by atoms with E-state index in [-0.39, 0.29) is 24.0 Å². The van der Waals surface area contributed by atoms with Crippen LogP contribution >= 0.6 is 15.9 Å². The van der Waals surface area contributed by atoms with Gasteiger partial charge in [-0.1, -0.05) is 41.1 Å². The lowest BCUT2D eigenvalue weighted by Gasteiger charge is -2.10. The fourth-order valence-corrected chi connectivity index (χ4v) is 3.42. The minimum absolute atomic E-state index is 0.0449. The molecule has 0 fully saturated rings. The maximum atomic E-state index is 12.2. The van der Waals surface area contributed by atoms with E-state index in [1.165, 1.54) is 0 Å². The molecule has 2 aromatic rings. The van der Waals surface area contributed by atoms with Gasteiger partial charge in [-0.3, -0.25) is 4.79 Å². The molecule has 1 N–H and O–H groups in total. The molecule has 0 aliphatic carbocycles. The fourth-order valence-electron chi connectivity index (χ4n) is 2.23. The Hall–Kier alpha value is -1.60. The molecule has 1 heterocycles. The summed E-state index contributed by atoms with van der Waals surface area (Å²) in [5.41, 5.74) is 2.39. The molecule has 0 radical (unpaired) electrons. The fraction of sp³-hybridized carbons (Fsp3) is 0.312. The number of hydrogen-bond donors (Lipinski definition) is 1. The maximum Gasteiger partial charge on any atom is 0.267 e. The van der Waals surface area contributed by atoms with Crippen LogP contribution in [0, 0.1) is 0 Å².